The number of rotatable bonds is 2. The van der Waals surface area contributed by atoms with Crippen LogP contribution in [0.4, 0.5) is 0 Å². The van der Waals surface area contributed by atoms with E-state index in [1.165, 1.54) is 0 Å². The van der Waals surface area contributed by atoms with E-state index >= 15 is 0 Å². The second-order valence-corrected chi connectivity index (χ2v) is 4.13. The van der Waals surface area contributed by atoms with E-state index < -0.39 is 6.10 Å². The van der Waals surface area contributed by atoms with Crippen molar-refractivity contribution in [1.82, 2.24) is 4.98 Å². The molecule has 0 aliphatic heterocycles. The summed E-state index contributed by atoms with van der Waals surface area (Å²) in [6.07, 6.45) is 1.01. The van der Waals surface area contributed by atoms with E-state index in [4.69, 9.17) is 11.6 Å². The van der Waals surface area contributed by atoms with Crippen LogP contribution in [0.5, 0.6) is 0 Å². The SMILES string of the molecule is Cc1ccc(C(O)c2cccc(Cl)c2)cn1. The van der Waals surface area contributed by atoms with Crippen LogP contribution in [-0.2, 0) is 0 Å². The zero-order valence-electron chi connectivity index (χ0n) is 8.89. The summed E-state index contributed by atoms with van der Waals surface area (Å²) in [6.45, 7) is 1.91. The maximum absolute atomic E-state index is 10.1. The number of pyridine rings is 1. The van der Waals surface area contributed by atoms with Crippen molar-refractivity contribution in [1.29, 1.82) is 0 Å². The van der Waals surface area contributed by atoms with Crippen LogP contribution in [0.3, 0.4) is 0 Å². The minimum absolute atomic E-state index is 0.622. The van der Waals surface area contributed by atoms with E-state index in [0.717, 1.165) is 16.8 Å². The van der Waals surface area contributed by atoms with E-state index in [1.54, 1.807) is 18.3 Å². The third-order valence-electron chi connectivity index (χ3n) is 2.41. The van der Waals surface area contributed by atoms with E-state index in [1.807, 2.05) is 31.2 Å². The van der Waals surface area contributed by atoms with Crippen molar-refractivity contribution < 1.29 is 5.11 Å². The zero-order valence-corrected chi connectivity index (χ0v) is 9.65. The molecule has 1 atom stereocenters. The lowest BCUT2D eigenvalue weighted by molar-refractivity contribution is 0.220. The molecule has 0 saturated carbocycles. The molecular formula is C13H12ClNO. The zero-order chi connectivity index (χ0) is 11.5. The number of aliphatic hydroxyl groups excluding tert-OH is 1. The molecule has 0 aliphatic rings. The van der Waals surface area contributed by atoms with Crippen LogP contribution in [0.1, 0.15) is 22.9 Å². The van der Waals surface area contributed by atoms with Crippen molar-refractivity contribution >= 4 is 11.6 Å². The fourth-order valence-corrected chi connectivity index (χ4v) is 1.71. The maximum atomic E-state index is 10.1. The van der Waals surface area contributed by atoms with Gasteiger partial charge in [0, 0.05) is 22.5 Å². The predicted molar refractivity (Wildman–Crippen MR) is 64.5 cm³/mol. The van der Waals surface area contributed by atoms with E-state index in [0.29, 0.717) is 5.02 Å². The topological polar surface area (TPSA) is 33.1 Å². The van der Waals surface area contributed by atoms with Crippen molar-refractivity contribution in [2.45, 2.75) is 13.0 Å². The number of halogens is 1. The Hall–Kier alpha value is -1.38. The van der Waals surface area contributed by atoms with E-state index in [9.17, 15) is 5.11 Å². The summed E-state index contributed by atoms with van der Waals surface area (Å²) in [5.74, 6) is 0. The van der Waals surface area contributed by atoms with Gasteiger partial charge in [0.2, 0.25) is 0 Å². The predicted octanol–water partition coefficient (Wildman–Crippen LogP) is 3.13. The minimum Gasteiger partial charge on any atom is -0.384 e. The number of hydrogen-bond acceptors (Lipinski definition) is 2. The summed E-state index contributed by atoms with van der Waals surface area (Å²) in [4.78, 5) is 4.16. The molecule has 2 aromatic rings. The lowest BCUT2D eigenvalue weighted by Gasteiger charge is -2.11. The molecule has 1 unspecified atom stereocenters. The van der Waals surface area contributed by atoms with Gasteiger partial charge in [0.25, 0.3) is 0 Å². The first-order chi connectivity index (χ1) is 7.66. The first-order valence-corrected chi connectivity index (χ1v) is 5.41. The molecule has 0 saturated heterocycles. The van der Waals surface area contributed by atoms with Gasteiger partial charge in [-0.05, 0) is 30.7 Å². The molecule has 82 valence electrons. The van der Waals surface area contributed by atoms with Gasteiger partial charge >= 0.3 is 0 Å². The van der Waals surface area contributed by atoms with Crippen molar-refractivity contribution in [3.8, 4) is 0 Å². The number of aryl methyl sites for hydroxylation is 1. The molecule has 1 N–H and O–H groups in total. The maximum Gasteiger partial charge on any atom is 0.106 e. The molecular weight excluding hydrogens is 222 g/mol. The molecule has 3 heteroatoms. The van der Waals surface area contributed by atoms with Gasteiger partial charge in [0.05, 0.1) is 0 Å². The minimum atomic E-state index is -0.674. The van der Waals surface area contributed by atoms with Gasteiger partial charge in [0.1, 0.15) is 6.10 Å². The van der Waals surface area contributed by atoms with Crippen molar-refractivity contribution in [2.75, 3.05) is 0 Å². The highest BCUT2D eigenvalue weighted by Crippen LogP contribution is 2.23. The molecule has 0 amide bonds. The molecule has 2 nitrogen and oxygen atoms in total. The van der Waals surface area contributed by atoms with Crippen LogP contribution in [0.25, 0.3) is 0 Å². The van der Waals surface area contributed by atoms with Crippen LogP contribution in [0, 0.1) is 6.92 Å². The van der Waals surface area contributed by atoms with Crippen molar-refractivity contribution in [3.05, 3.63) is 64.4 Å². The van der Waals surface area contributed by atoms with Gasteiger partial charge in [-0.15, -0.1) is 0 Å². The summed E-state index contributed by atoms with van der Waals surface area (Å²) < 4.78 is 0. The van der Waals surface area contributed by atoms with Gasteiger partial charge in [-0.2, -0.15) is 0 Å². The lowest BCUT2D eigenvalue weighted by atomic mass is 10.0. The second kappa shape index (κ2) is 4.64. The van der Waals surface area contributed by atoms with Gasteiger partial charge in [-0.25, -0.2) is 0 Å². The van der Waals surface area contributed by atoms with Gasteiger partial charge in [-0.3, -0.25) is 4.98 Å². The average molecular weight is 234 g/mol. The summed E-state index contributed by atoms with van der Waals surface area (Å²) in [6, 6.07) is 11.0. The fraction of sp³-hybridized carbons (Fsp3) is 0.154. The number of aliphatic hydroxyl groups is 1. The molecule has 16 heavy (non-hydrogen) atoms. The highest BCUT2D eigenvalue weighted by Gasteiger charge is 2.10. The lowest BCUT2D eigenvalue weighted by Crippen LogP contribution is -2.00. The van der Waals surface area contributed by atoms with Crippen molar-refractivity contribution in [2.24, 2.45) is 0 Å². The van der Waals surface area contributed by atoms with Crippen LogP contribution in [0.2, 0.25) is 5.02 Å². The Balaban J connectivity index is 2.31. The number of hydrogen-bond donors (Lipinski definition) is 1. The molecule has 0 bridgehead atoms. The second-order valence-electron chi connectivity index (χ2n) is 3.69. The average Bonchev–Trinajstić information content (AvgIpc) is 2.29. The van der Waals surface area contributed by atoms with Crippen LogP contribution < -0.4 is 0 Å². The van der Waals surface area contributed by atoms with E-state index in [2.05, 4.69) is 4.98 Å². The highest BCUT2D eigenvalue weighted by atomic mass is 35.5. The normalized spacial score (nSPS) is 12.4. The summed E-state index contributed by atoms with van der Waals surface area (Å²) in [5, 5.41) is 10.7. The Labute approximate surface area is 99.5 Å². The third-order valence-corrected chi connectivity index (χ3v) is 2.65. The Morgan fingerprint density at radius 2 is 2.00 bits per heavy atom. The molecule has 0 fully saturated rings. The third kappa shape index (κ3) is 2.40. The van der Waals surface area contributed by atoms with Crippen LogP contribution in [-0.4, -0.2) is 10.1 Å². The van der Waals surface area contributed by atoms with Crippen LogP contribution >= 0.6 is 11.6 Å². The molecule has 1 aromatic carbocycles. The van der Waals surface area contributed by atoms with Gasteiger partial charge in [0.15, 0.2) is 0 Å². The first-order valence-electron chi connectivity index (χ1n) is 5.03. The standard InChI is InChI=1S/C13H12ClNO/c1-9-5-6-11(8-15-9)13(16)10-3-2-4-12(14)7-10/h2-8,13,16H,1H3. The molecule has 0 spiro atoms. The molecule has 2 rings (SSSR count). The number of nitrogens with zero attached hydrogens (tertiary/aromatic N) is 1. The number of aromatic nitrogens is 1. The highest BCUT2D eigenvalue weighted by molar-refractivity contribution is 6.30. The van der Waals surface area contributed by atoms with Crippen molar-refractivity contribution in [3.63, 3.8) is 0 Å². The Kier molecular flexibility index (Phi) is 3.22. The Morgan fingerprint density at radius 1 is 1.19 bits per heavy atom. The smallest absolute Gasteiger partial charge is 0.106 e. The van der Waals surface area contributed by atoms with Crippen LogP contribution in [0.15, 0.2) is 42.6 Å². The molecule has 1 aromatic heterocycles. The summed E-state index contributed by atoms with van der Waals surface area (Å²) in [5.41, 5.74) is 2.48. The van der Waals surface area contributed by atoms with Gasteiger partial charge in [-0.1, -0.05) is 29.8 Å². The summed E-state index contributed by atoms with van der Waals surface area (Å²) in [7, 11) is 0. The molecule has 0 aliphatic carbocycles. The fourth-order valence-electron chi connectivity index (χ4n) is 1.51. The summed E-state index contributed by atoms with van der Waals surface area (Å²) >= 11 is 5.87. The number of benzene rings is 1. The first kappa shape index (κ1) is 11.1. The van der Waals surface area contributed by atoms with E-state index in [-0.39, 0.29) is 0 Å². The molecule has 0 radical (unpaired) electrons. The molecule has 1 heterocycles. The largest absolute Gasteiger partial charge is 0.384 e. The monoisotopic (exact) mass is 233 g/mol. The Bertz CT molecular complexity index is 482. The Morgan fingerprint density at radius 3 is 2.62 bits per heavy atom. The van der Waals surface area contributed by atoms with Gasteiger partial charge < -0.3 is 5.11 Å². The quantitative estimate of drug-likeness (QED) is 0.865.